The van der Waals surface area contributed by atoms with Gasteiger partial charge in [-0.1, -0.05) is 172 Å². The van der Waals surface area contributed by atoms with Crippen LogP contribution in [0.1, 0.15) is 213 Å². The van der Waals surface area contributed by atoms with Gasteiger partial charge in [0.1, 0.15) is 6.10 Å². The molecule has 0 spiro atoms. The highest BCUT2D eigenvalue weighted by molar-refractivity contribution is 5.76. The van der Waals surface area contributed by atoms with E-state index in [1.165, 1.54) is 135 Å². The highest BCUT2D eigenvalue weighted by atomic mass is 16.3. The zero-order valence-corrected chi connectivity index (χ0v) is 32.6. The Balaban J connectivity index is 3.59. The second-order valence-corrected chi connectivity index (χ2v) is 14.5. The molecule has 4 N–H and O–H groups in total. The second-order valence-electron chi connectivity index (χ2n) is 14.5. The molecular weight excluding hydrogens is 606 g/mol. The van der Waals surface area contributed by atoms with Gasteiger partial charge in [-0.25, -0.2) is 0 Å². The van der Waals surface area contributed by atoms with E-state index >= 15 is 0 Å². The lowest BCUT2D eigenvalue weighted by Gasteiger charge is -2.26. The molecule has 288 valence electrons. The summed E-state index contributed by atoms with van der Waals surface area (Å²) in [5.74, 6) is -0.163. The van der Waals surface area contributed by atoms with Crippen molar-refractivity contribution in [3.05, 3.63) is 36.5 Å². The first-order chi connectivity index (χ1) is 24.1. The van der Waals surface area contributed by atoms with Gasteiger partial charge in [-0.2, -0.15) is 0 Å². The molecule has 0 aliphatic heterocycles. The number of aliphatic hydroxyl groups excluding tert-OH is 3. The average Bonchev–Trinajstić information content (AvgIpc) is 3.10. The van der Waals surface area contributed by atoms with Crippen molar-refractivity contribution in [1.29, 1.82) is 0 Å². The molecule has 3 atom stereocenters. The molecule has 0 radical (unpaired) electrons. The molecule has 0 aliphatic carbocycles. The molecule has 5 heteroatoms. The quantitative estimate of drug-likeness (QED) is 0.0384. The fraction of sp³-hybridized carbons (Fsp3) is 0.841. The Hall–Kier alpha value is -1.43. The first kappa shape index (κ1) is 47.6. The highest BCUT2D eigenvalue weighted by Crippen LogP contribution is 2.15. The lowest BCUT2D eigenvalue weighted by Crippen LogP contribution is -2.50. The minimum absolute atomic E-state index is 0.163. The number of hydrogen-bond acceptors (Lipinski definition) is 4. The number of amides is 1. The van der Waals surface area contributed by atoms with Crippen molar-refractivity contribution in [3.8, 4) is 0 Å². The van der Waals surface area contributed by atoms with Gasteiger partial charge in [0.05, 0.1) is 18.8 Å². The lowest BCUT2D eigenvalue weighted by molar-refractivity contribution is -0.124. The Morgan fingerprint density at radius 3 is 1.33 bits per heavy atom. The maximum atomic E-state index is 12.4. The van der Waals surface area contributed by atoms with Gasteiger partial charge in [-0.05, 0) is 70.6 Å². The Morgan fingerprint density at radius 1 is 0.490 bits per heavy atom. The van der Waals surface area contributed by atoms with Crippen molar-refractivity contribution in [1.82, 2.24) is 5.32 Å². The number of carbonyl (C=O) groups is 1. The van der Waals surface area contributed by atoms with Crippen LogP contribution in [0.2, 0.25) is 0 Å². The third-order valence-electron chi connectivity index (χ3n) is 9.67. The first-order valence-electron chi connectivity index (χ1n) is 21.3. The van der Waals surface area contributed by atoms with Crippen LogP contribution in [0, 0.1) is 0 Å². The molecule has 0 aromatic heterocycles. The molecule has 3 unspecified atom stereocenters. The summed E-state index contributed by atoms with van der Waals surface area (Å²) in [6.07, 6.45) is 48.4. The summed E-state index contributed by atoms with van der Waals surface area (Å²) in [5.41, 5.74) is 0. The molecule has 0 rings (SSSR count). The van der Waals surface area contributed by atoms with Crippen molar-refractivity contribution in [2.24, 2.45) is 0 Å². The third-order valence-corrected chi connectivity index (χ3v) is 9.67. The fourth-order valence-electron chi connectivity index (χ4n) is 6.36. The average molecular weight is 690 g/mol. The molecule has 0 saturated carbocycles. The second kappa shape index (κ2) is 39.4. The molecule has 0 aromatic carbocycles. The summed E-state index contributed by atoms with van der Waals surface area (Å²) >= 11 is 0. The first-order valence-corrected chi connectivity index (χ1v) is 21.3. The van der Waals surface area contributed by atoms with Crippen LogP contribution in [-0.2, 0) is 4.79 Å². The number of allylic oxidation sites excluding steroid dienone is 6. The van der Waals surface area contributed by atoms with Crippen LogP contribution in [0.3, 0.4) is 0 Å². The summed E-state index contributed by atoms with van der Waals surface area (Å²) in [6, 6.07) is -0.831. The topological polar surface area (TPSA) is 89.8 Å². The zero-order chi connectivity index (χ0) is 35.9. The minimum Gasteiger partial charge on any atom is -0.394 e. The van der Waals surface area contributed by atoms with Crippen LogP contribution in [0.5, 0.6) is 0 Å². The van der Waals surface area contributed by atoms with E-state index in [0.29, 0.717) is 12.8 Å². The molecule has 49 heavy (non-hydrogen) atoms. The van der Waals surface area contributed by atoms with Gasteiger partial charge < -0.3 is 20.6 Å². The standard InChI is InChI=1S/C44H83NO4/c1-3-5-7-9-11-13-15-16-17-18-19-20-21-22-23-24-25-26-27-28-29-31-33-35-37-39-43(48)45-41(40-46)44(49)42(47)38-36-34-32-30-14-12-10-8-6-4-2/h8,10,22-23,30,32,41-42,44,46-47,49H,3-7,9,11-21,24-29,31,33-40H2,1-2H3,(H,45,48)/b10-8+,23-22-,32-30+. The van der Waals surface area contributed by atoms with Gasteiger partial charge in [0, 0.05) is 6.42 Å². The van der Waals surface area contributed by atoms with Gasteiger partial charge in [-0.3, -0.25) is 4.79 Å². The molecular formula is C44H83NO4. The van der Waals surface area contributed by atoms with Crippen LogP contribution in [0.25, 0.3) is 0 Å². The van der Waals surface area contributed by atoms with E-state index in [0.717, 1.165) is 51.4 Å². The predicted molar refractivity (Wildman–Crippen MR) is 213 cm³/mol. The monoisotopic (exact) mass is 690 g/mol. The van der Waals surface area contributed by atoms with Crippen LogP contribution in [0.15, 0.2) is 36.5 Å². The third kappa shape index (κ3) is 34.8. The van der Waals surface area contributed by atoms with E-state index < -0.39 is 18.2 Å². The van der Waals surface area contributed by atoms with Gasteiger partial charge in [-0.15, -0.1) is 0 Å². The maximum Gasteiger partial charge on any atom is 0.220 e. The Bertz CT molecular complexity index is 764. The van der Waals surface area contributed by atoms with Gasteiger partial charge in [0.2, 0.25) is 5.91 Å². The van der Waals surface area contributed by atoms with Crippen molar-refractivity contribution >= 4 is 5.91 Å². The lowest BCUT2D eigenvalue weighted by atomic mass is 10.0. The Morgan fingerprint density at radius 2 is 0.878 bits per heavy atom. The number of unbranched alkanes of at least 4 members (excludes halogenated alkanes) is 24. The number of rotatable bonds is 38. The molecule has 0 bridgehead atoms. The molecule has 1 amide bonds. The van der Waals surface area contributed by atoms with Crippen molar-refractivity contribution in [2.45, 2.75) is 231 Å². The number of hydrogen-bond donors (Lipinski definition) is 4. The van der Waals surface area contributed by atoms with Crippen LogP contribution < -0.4 is 5.32 Å². The van der Waals surface area contributed by atoms with Gasteiger partial charge in [0.15, 0.2) is 0 Å². The van der Waals surface area contributed by atoms with Crippen molar-refractivity contribution in [3.63, 3.8) is 0 Å². The van der Waals surface area contributed by atoms with Gasteiger partial charge in [0.25, 0.3) is 0 Å². The Labute approximate surface area is 304 Å². The summed E-state index contributed by atoms with van der Waals surface area (Å²) < 4.78 is 0. The molecule has 0 saturated heterocycles. The summed E-state index contributed by atoms with van der Waals surface area (Å²) in [4.78, 5) is 12.4. The summed E-state index contributed by atoms with van der Waals surface area (Å²) in [5, 5.41) is 33.3. The number of aliphatic hydroxyl groups is 3. The van der Waals surface area contributed by atoms with Crippen LogP contribution in [-0.4, -0.2) is 46.1 Å². The maximum absolute atomic E-state index is 12.4. The number of carbonyl (C=O) groups excluding carboxylic acids is 1. The van der Waals surface area contributed by atoms with Crippen LogP contribution >= 0.6 is 0 Å². The summed E-state index contributed by atoms with van der Waals surface area (Å²) in [7, 11) is 0. The van der Waals surface area contributed by atoms with E-state index in [9.17, 15) is 20.1 Å². The van der Waals surface area contributed by atoms with Crippen molar-refractivity contribution in [2.75, 3.05) is 6.61 Å². The summed E-state index contributed by atoms with van der Waals surface area (Å²) in [6.45, 7) is 4.08. The predicted octanol–water partition coefficient (Wildman–Crippen LogP) is 12.0. The van der Waals surface area contributed by atoms with E-state index in [1.54, 1.807) is 0 Å². The van der Waals surface area contributed by atoms with E-state index in [-0.39, 0.29) is 12.5 Å². The van der Waals surface area contributed by atoms with E-state index in [2.05, 4.69) is 55.6 Å². The van der Waals surface area contributed by atoms with E-state index in [4.69, 9.17) is 0 Å². The van der Waals surface area contributed by atoms with E-state index in [1.807, 2.05) is 0 Å². The molecule has 5 nitrogen and oxygen atoms in total. The Kier molecular flexibility index (Phi) is 38.2. The largest absolute Gasteiger partial charge is 0.394 e. The van der Waals surface area contributed by atoms with Crippen LogP contribution in [0.4, 0.5) is 0 Å². The zero-order valence-electron chi connectivity index (χ0n) is 32.6. The highest BCUT2D eigenvalue weighted by Gasteiger charge is 2.26. The minimum atomic E-state index is -1.17. The smallest absolute Gasteiger partial charge is 0.220 e. The van der Waals surface area contributed by atoms with Gasteiger partial charge >= 0.3 is 0 Å². The number of nitrogens with one attached hydrogen (secondary N) is 1. The van der Waals surface area contributed by atoms with Crippen molar-refractivity contribution < 1.29 is 20.1 Å². The molecule has 0 aliphatic rings. The molecule has 0 fully saturated rings. The normalized spacial score (nSPS) is 14.0. The fourth-order valence-corrected chi connectivity index (χ4v) is 6.36. The molecule has 0 heterocycles. The SMILES string of the molecule is CCC/C=C/CC/C=C/CCCC(O)C(O)C(CO)NC(=O)CCCCCCCCCCC/C=C\CCCCCCCCCCCCCC. The molecule has 0 aromatic rings.